The van der Waals surface area contributed by atoms with Crippen LogP contribution in [0.1, 0.15) is 11.6 Å². The minimum Gasteiger partial charge on any atom is -0.390 e. The Morgan fingerprint density at radius 3 is 2.60 bits per heavy atom. The zero-order valence-corrected chi connectivity index (χ0v) is 9.93. The van der Waals surface area contributed by atoms with E-state index in [1.807, 2.05) is 0 Å². The number of hydrogen-bond donors (Lipinski definition) is 2. The Balaban J connectivity index is 0.00000196. The third-order valence-electron chi connectivity index (χ3n) is 1.75. The molecule has 0 amide bonds. The Morgan fingerprint density at radius 1 is 1.53 bits per heavy atom. The lowest BCUT2D eigenvalue weighted by molar-refractivity contribution is -0.0712. The second-order valence-electron chi connectivity index (χ2n) is 2.83. The van der Waals surface area contributed by atoms with E-state index in [1.165, 1.54) is 18.5 Å². The summed E-state index contributed by atoms with van der Waals surface area (Å²) in [6.07, 6.45) is 2.71. The number of halogens is 4. The molecule has 1 heterocycles. The summed E-state index contributed by atoms with van der Waals surface area (Å²) in [5, 5.41) is 8.43. The zero-order chi connectivity index (χ0) is 10.8. The minimum atomic E-state index is -3.33. The van der Waals surface area contributed by atoms with Crippen LogP contribution in [-0.4, -0.2) is 22.6 Å². The fourth-order valence-electron chi connectivity index (χ4n) is 0.941. The van der Waals surface area contributed by atoms with Gasteiger partial charge in [-0.1, -0.05) is 0 Å². The largest absolute Gasteiger partial charge is 0.390 e. The summed E-state index contributed by atoms with van der Waals surface area (Å²) in [6, 6.07) is -0.0983. The van der Waals surface area contributed by atoms with Crippen LogP contribution < -0.4 is 5.73 Å². The summed E-state index contributed by atoms with van der Waals surface area (Å²) in [5.41, 5.74) is 5.46. The number of hydrogen-bond acceptors (Lipinski definition) is 3. The quantitative estimate of drug-likeness (QED) is 0.896. The molecule has 0 spiro atoms. The highest BCUT2D eigenvalue weighted by Gasteiger charge is 2.37. The maximum Gasteiger partial charge on any atom is 0.289 e. The average molecular weight is 304 g/mol. The maximum atomic E-state index is 12.9. The summed E-state index contributed by atoms with van der Waals surface area (Å²) in [5.74, 6) is -3.33. The van der Waals surface area contributed by atoms with Gasteiger partial charge in [0.1, 0.15) is 6.61 Å². The van der Waals surface area contributed by atoms with Crippen molar-refractivity contribution in [1.29, 1.82) is 0 Å². The van der Waals surface area contributed by atoms with Crippen LogP contribution in [0.3, 0.4) is 0 Å². The second-order valence-corrected chi connectivity index (χ2v) is 3.75. The van der Waals surface area contributed by atoms with Crippen LogP contribution in [0.4, 0.5) is 8.78 Å². The molecule has 0 bridgehead atoms. The Kier molecular flexibility index (Phi) is 5.58. The minimum absolute atomic E-state index is 0. The highest BCUT2D eigenvalue weighted by atomic mass is 79.9. The van der Waals surface area contributed by atoms with Crippen molar-refractivity contribution < 1.29 is 13.9 Å². The topological polar surface area (TPSA) is 59.1 Å². The predicted octanol–water partition coefficient (Wildman–Crippen LogP) is 1.89. The number of aliphatic hydroxyl groups excluding tert-OH is 1. The van der Waals surface area contributed by atoms with E-state index in [4.69, 9.17) is 10.8 Å². The van der Waals surface area contributed by atoms with Crippen LogP contribution in [0.2, 0.25) is 0 Å². The number of nitrogens with two attached hydrogens (primary N) is 1. The van der Waals surface area contributed by atoms with Crippen molar-refractivity contribution in [2.45, 2.75) is 12.0 Å². The van der Waals surface area contributed by atoms with Gasteiger partial charge in [0.15, 0.2) is 0 Å². The number of aliphatic hydroxyl groups is 1. The SMILES string of the molecule is Cl.N[C@H](c1cncc(Br)c1)C(F)(F)CO. The van der Waals surface area contributed by atoms with E-state index in [-0.39, 0.29) is 18.0 Å². The van der Waals surface area contributed by atoms with Gasteiger partial charge in [-0.25, -0.2) is 8.78 Å². The van der Waals surface area contributed by atoms with Crippen molar-refractivity contribution in [2.75, 3.05) is 6.61 Å². The molecule has 86 valence electrons. The van der Waals surface area contributed by atoms with E-state index < -0.39 is 18.6 Å². The van der Waals surface area contributed by atoms with Crippen molar-refractivity contribution in [2.24, 2.45) is 5.73 Å². The van der Waals surface area contributed by atoms with Gasteiger partial charge in [0, 0.05) is 16.9 Å². The lowest BCUT2D eigenvalue weighted by Gasteiger charge is -2.21. The number of aromatic nitrogens is 1. The molecule has 0 aliphatic carbocycles. The third-order valence-corrected chi connectivity index (χ3v) is 2.18. The summed E-state index contributed by atoms with van der Waals surface area (Å²) < 4.78 is 26.5. The molecule has 0 aliphatic rings. The van der Waals surface area contributed by atoms with Gasteiger partial charge < -0.3 is 10.8 Å². The van der Waals surface area contributed by atoms with Crippen LogP contribution in [0.5, 0.6) is 0 Å². The molecule has 1 rings (SSSR count). The Morgan fingerprint density at radius 2 is 2.13 bits per heavy atom. The lowest BCUT2D eigenvalue weighted by Crippen LogP contribution is -2.36. The molecular weight excluding hydrogens is 293 g/mol. The fourth-order valence-corrected chi connectivity index (χ4v) is 1.32. The first-order chi connectivity index (χ1) is 6.47. The third kappa shape index (κ3) is 3.64. The molecule has 0 aromatic carbocycles. The lowest BCUT2D eigenvalue weighted by atomic mass is 10.0. The van der Waals surface area contributed by atoms with Crippen LogP contribution in [0, 0.1) is 0 Å². The van der Waals surface area contributed by atoms with Gasteiger partial charge in [0.2, 0.25) is 0 Å². The van der Waals surface area contributed by atoms with Gasteiger partial charge in [-0.05, 0) is 27.6 Å². The first kappa shape index (κ1) is 14.7. The van der Waals surface area contributed by atoms with Gasteiger partial charge in [-0.3, -0.25) is 4.98 Å². The number of nitrogens with zero attached hydrogens (tertiary/aromatic N) is 1. The standard InChI is InChI=1S/C8H9BrF2N2O.ClH/c9-6-1-5(2-13-3-6)7(12)8(10,11)4-14;/h1-3,7,14H,4,12H2;1H/t7-;/m1./s1. The second kappa shape index (κ2) is 5.69. The van der Waals surface area contributed by atoms with E-state index in [9.17, 15) is 8.78 Å². The normalized spacial score (nSPS) is 13.1. The predicted molar refractivity (Wildman–Crippen MR) is 58.1 cm³/mol. The van der Waals surface area contributed by atoms with Crippen molar-refractivity contribution in [3.63, 3.8) is 0 Å². The summed E-state index contributed by atoms with van der Waals surface area (Å²) >= 11 is 3.09. The van der Waals surface area contributed by atoms with Gasteiger partial charge in [0.25, 0.3) is 5.92 Å². The first-order valence-electron chi connectivity index (χ1n) is 3.82. The maximum absolute atomic E-state index is 12.9. The van der Waals surface area contributed by atoms with Crippen molar-refractivity contribution >= 4 is 28.3 Å². The molecule has 0 radical (unpaired) electrons. The Bertz CT molecular complexity index is 327. The monoisotopic (exact) mass is 302 g/mol. The molecule has 0 aliphatic heterocycles. The molecule has 1 aromatic rings. The highest BCUT2D eigenvalue weighted by molar-refractivity contribution is 9.10. The van der Waals surface area contributed by atoms with Crippen molar-refractivity contribution in [3.8, 4) is 0 Å². The van der Waals surface area contributed by atoms with E-state index in [2.05, 4.69) is 20.9 Å². The van der Waals surface area contributed by atoms with Gasteiger partial charge >= 0.3 is 0 Å². The van der Waals surface area contributed by atoms with E-state index >= 15 is 0 Å². The smallest absolute Gasteiger partial charge is 0.289 e. The average Bonchev–Trinajstić information content (AvgIpc) is 2.16. The molecule has 15 heavy (non-hydrogen) atoms. The molecular formula is C8H10BrClF2N2O. The highest BCUT2D eigenvalue weighted by Crippen LogP contribution is 2.29. The van der Waals surface area contributed by atoms with Crippen LogP contribution in [0.25, 0.3) is 0 Å². The van der Waals surface area contributed by atoms with Crippen LogP contribution >= 0.6 is 28.3 Å². The van der Waals surface area contributed by atoms with Crippen molar-refractivity contribution in [1.82, 2.24) is 4.98 Å². The summed E-state index contributed by atoms with van der Waals surface area (Å²) in [7, 11) is 0. The molecule has 0 unspecified atom stereocenters. The molecule has 1 aromatic heterocycles. The molecule has 3 nitrogen and oxygen atoms in total. The van der Waals surface area contributed by atoms with Gasteiger partial charge in [-0.2, -0.15) is 0 Å². The number of alkyl halides is 2. The van der Waals surface area contributed by atoms with E-state index in [0.29, 0.717) is 4.47 Å². The number of rotatable bonds is 3. The molecule has 3 N–H and O–H groups in total. The van der Waals surface area contributed by atoms with Gasteiger partial charge in [0.05, 0.1) is 6.04 Å². The Labute approximate surface area is 100 Å². The molecule has 0 saturated carbocycles. The zero-order valence-electron chi connectivity index (χ0n) is 7.53. The van der Waals surface area contributed by atoms with Crippen LogP contribution in [0.15, 0.2) is 22.9 Å². The summed E-state index contributed by atoms with van der Waals surface area (Å²) in [6.45, 7) is -1.28. The molecule has 0 fully saturated rings. The van der Waals surface area contributed by atoms with E-state index in [1.54, 1.807) is 0 Å². The first-order valence-corrected chi connectivity index (χ1v) is 4.61. The van der Waals surface area contributed by atoms with Gasteiger partial charge in [-0.15, -0.1) is 12.4 Å². The molecule has 7 heteroatoms. The number of pyridine rings is 1. The fraction of sp³-hybridized carbons (Fsp3) is 0.375. The van der Waals surface area contributed by atoms with Crippen LogP contribution in [-0.2, 0) is 0 Å². The summed E-state index contributed by atoms with van der Waals surface area (Å²) in [4.78, 5) is 3.71. The van der Waals surface area contributed by atoms with E-state index in [0.717, 1.165) is 0 Å². The molecule has 0 saturated heterocycles. The Hall–Kier alpha value is -0.300. The van der Waals surface area contributed by atoms with Crippen molar-refractivity contribution in [3.05, 3.63) is 28.5 Å². The molecule has 1 atom stereocenters.